The standard InChI is InChI=1S/C19H21N3OS/c1-12(2)14-8-10-15(11-9-14)20-18(23)13(3)24-19-21-16-6-4-5-7-17(16)22-19/h4-13H,1-3H3,(H,20,23)(H,21,22)/t13-/m0/s1. The molecule has 0 aliphatic rings. The van der Waals surface area contributed by atoms with Crippen molar-refractivity contribution >= 4 is 34.4 Å². The third-order valence-electron chi connectivity index (χ3n) is 3.87. The Kier molecular flexibility index (Phi) is 4.90. The van der Waals surface area contributed by atoms with Crippen molar-refractivity contribution in [2.45, 2.75) is 37.1 Å². The molecule has 1 heterocycles. The van der Waals surface area contributed by atoms with Gasteiger partial charge in [0.1, 0.15) is 0 Å². The Balaban J connectivity index is 1.63. The SMILES string of the molecule is CC(C)c1ccc(NC(=O)[C@H](C)Sc2nc3ccccc3[nH]2)cc1. The van der Waals surface area contributed by atoms with Crippen molar-refractivity contribution in [1.29, 1.82) is 0 Å². The molecule has 0 radical (unpaired) electrons. The van der Waals surface area contributed by atoms with Crippen LogP contribution < -0.4 is 5.32 Å². The summed E-state index contributed by atoms with van der Waals surface area (Å²) in [5.41, 5.74) is 3.98. The number of amides is 1. The van der Waals surface area contributed by atoms with Crippen molar-refractivity contribution in [2.75, 3.05) is 5.32 Å². The van der Waals surface area contributed by atoms with Crippen LogP contribution in [0.5, 0.6) is 0 Å². The zero-order valence-corrected chi connectivity index (χ0v) is 14.9. The van der Waals surface area contributed by atoms with Crippen LogP contribution in [0.2, 0.25) is 0 Å². The van der Waals surface area contributed by atoms with Gasteiger partial charge in [-0.25, -0.2) is 4.98 Å². The molecule has 1 atom stereocenters. The highest BCUT2D eigenvalue weighted by molar-refractivity contribution is 8.00. The van der Waals surface area contributed by atoms with E-state index in [-0.39, 0.29) is 11.2 Å². The van der Waals surface area contributed by atoms with Crippen LogP contribution in [0.1, 0.15) is 32.3 Å². The molecule has 0 bridgehead atoms. The van der Waals surface area contributed by atoms with Crippen molar-refractivity contribution in [3.05, 3.63) is 54.1 Å². The van der Waals surface area contributed by atoms with Crippen molar-refractivity contribution in [3.63, 3.8) is 0 Å². The highest BCUT2D eigenvalue weighted by Gasteiger charge is 2.16. The summed E-state index contributed by atoms with van der Waals surface area (Å²) in [5.74, 6) is 0.454. The second-order valence-electron chi connectivity index (χ2n) is 6.09. The monoisotopic (exact) mass is 339 g/mol. The number of nitrogens with zero attached hydrogens (tertiary/aromatic N) is 1. The van der Waals surface area contributed by atoms with Gasteiger partial charge in [-0.2, -0.15) is 0 Å². The molecule has 0 unspecified atom stereocenters. The fourth-order valence-corrected chi connectivity index (χ4v) is 3.22. The molecule has 24 heavy (non-hydrogen) atoms. The lowest BCUT2D eigenvalue weighted by molar-refractivity contribution is -0.115. The smallest absolute Gasteiger partial charge is 0.237 e. The summed E-state index contributed by atoms with van der Waals surface area (Å²) >= 11 is 1.43. The quantitative estimate of drug-likeness (QED) is 0.656. The Morgan fingerprint density at radius 2 is 1.79 bits per heavy atom. The van der Waals surface area contributed by atoms with E-state index in [1.807, 2.05) is 43.3 Å². The zero-order chi connectivity index (χ0) is 17.1. The molecule has 2 N–H and O–H groups in total. The summed E-state index contributed by atoms with van der Waals surface area (Å²) in [6.07, 6.45) is 0. The average Bonchev–Trinajstić information content (AvgIpc) is 2.97. The molecule has 0 spiro atoms. The lowest BCUT2D eigenvalue weighted by Crippen LogP contribution is -2.22. The zero-order valence-electron chi connectivity index (χ0n) is 14.0. The predicted molar refractivity (Wildman–Crippen MR) is 101 cm³/mol. The van der Waals surface area contributed by atoms with Gasteiger partial charge in [0.2, 0.25) is 5.91 Å². The van der Waals surface area contributed by atoms with Gasteiger partial charge in [0.05, 0.1) is 16.3 Å². The van der Waals surface area contributed by atoms with E-state index in [0.29, 0.717) is 5.92 Å². The Bertz CT molecular complexity index is 806. The highest BCUT2D eigenvalue weighted by Crippen LogP contribution is 2.24. The second-order valence-corrected chi connectivity index (χ2v) is 7.41. The number of aromatic nitrogens is 2. The van der Waals surface area contributed by atoms with Crippen LogP contribution in [-0.2, 0) is 4.79 Å². The van der Waals surface area contributed by atoms with E-state index in [9.17, 15) is 4.79 Å². The third kappa shape index (κ3) is 3.79. The van der Waals surface area contributed by atoms with Crippen LogP contribution in [0.3, 0.4) is 0 Å². The number of fused-ring (bicyclic) bond motifs is 1. The van der Waals surface area contributed by atoms with Gasteiger partial charge in [-0.15, -0.1) is 0 Å². The first-order chi connectivity index (χ1) is 11.5. The maximum Gasteiger partial charge on any atom is 0.237 e. The minimum absolute atomic E-state index is 0.0299. The van der Waals surface area contributed by atoms with Gasteiger partial charge < -0.3 is 10.3 Å². The van der Waals surface area contributed by atoms with Crippen molar-refractivity contribution in [1.82, 2.24) is 9.97 Å². The van der Waals surface area contributed by atoms with E-state index in [1.165, 1.54) is 17.3 Å². The largest absolute Gasteiger partial charge is 0.333 e. The number of H-pyrrole nitrogens is 1. The van der Waals surface area contributed by atoms with Crippen LogP contribution in [-0.4, -0.2) is 21.1 Å². The summed E-state index contributed by atoms with van der Waals surface area (Å²) < 4.78 is 0. The summed E-state index contributed by atoms with van der Waals surface area (Å²) in [7, 11) is 0. The Labute approximate surface area is 146 Å². The number of rotatable bonds is 5. The molecule has 124 valence electrons. The molecule has 1 aromatic heterocycles. The first kappa shape index (κ1) is 16.6. The van der Waals surface area contributed by atoms with E-state index in [2.05, 4.69) is 41.3 Å². The number of thioether (sulfide) groups is 1. The molecule has 3 rings (SSSR count). The fourth-order valence-electron chi connectivity index (χ4n) is 2.40. The van der Waals surface area contributed by atoms with Crippen LogP contribution in [0.25, 0.3) is 11.0 Å². The Morgan fingerprint density at radius 3 is 2.46 bits per heavy atom. The molecule has 0 saturated heterocycles. The number of imidazole rings is 1. The van der Waals surface area contributed by atoms with Crippen LogP contribution in [0.15, 0.2) is 53.7 Å². The van der Waals surface area contributed by atoms with Gasteiger partial charge >= 0.3 is 0 Å². The van der Waals surface area contributed by atoms with Crippen LogP contribution in [0, 0.1) is 0 Å². The van der Waals surface area contributed by atoms with E-state index >= 15 is 0 Å². The van der Waals surface area contributed by atoms with E-state index in [4.69, 9.17) is 0 Å². The Morgan fingerprint density at radius 1 is 1.08 bits per heavy atom. The number of aromatic amines is 1. The summed E-state index contributed by atoms with van der Waals surface area (Å²) in [5, 5.41) is 3.48. The number of benzene rings is 2. The summed E-state index contributed by atoms with van der Waals surface area (Å²) in [6.45, 7) is 6.19. The van der Waals surface area contributed by atoms with Gasteiger partial charge in [0.15, 0.2) is 5.16 Å². The van der Waals surface area contributed by atoms with E-state index in [0.717, 1.165) is 21.9 Å². The van der Waals surface area contributed by atoms with Gasteiger partial charge in [-0.3, -0.25) is 4.79 Å². The summed E-state index contributed by atoms with van der Waals surface area (Å²) in [6, 6.07) is 15.9. The number of carbonyl (C=O) groups excluding carboxylic acids is 1. The van der Waals surface area contributed by atoms with Gasteiger partial charge in [0, 0.05) is 5.69 Å². The molecule has 2 aromatic carbocycles. The first-order valence-corrected chi connectivity index (χ1v) is 8.93. The van der Waals surface area contributed by atoms with Crippen molar-refractivity contribution in [3.8, 4) is 0 Å². The van der Waals surface area contributed by atoms with Crippen molar-refractivity contribution < 1.29 is 4.79 Å². The molecule has 0 saturated carbocycles. The maximum atomic E-state index is 12.4. The number of anilines is 1. The Hall–Kier alpha value is -2.27. The highest BCUT2D eigenvalue weighted by atomic mass is 32.2. The molecule has 0 fully saturated rings. The van der Waals surface area contributed by atoms with Crippen LogP contribution >= 0.6 is 11.8 Å². The first-order valence-electron chi connectivity index (χ1n) is 8.05. The number of hydrogen-bond acceptors (Lipinski definition) is 3. The minimum atomic E-state index is -0.240. The maximum absolute atomic E-state index is 12.4. The number of para-hydroxylation sites is 2. The minimum Gasteiger partial charge on any atom is -0.333 e. The molecular weight excluding hydrogens is 318 g/mol. The molecule has 3 aromatic rings. The average molecular weight is 339 g/mol. The topological polar surface area (TPSA) is 57.8 Å². The summed E-state index contributed by atoms with van der Waals surface area (Å²) in [4.78, 5) is 20.1. The van der Waals surface area contributed by atoms with E-state index < -0.39 is 0 Å². The number of hydrogen-bond donors (Lipinski definition) is 2. The molecule has 1 amide bonds. The lowest BCUT2D eigenvalue weighted by Gasteiger charge is -2.12. The predicted octanol–water partition coefficient (Wildman–Crippen LogP) is 4.81. The number of nitrogens with one attached hydrogen (secondary N) is 2. The molecule has 5 heteroatoms. The second kappa shape index (κ2) is 7.09. The van der Waals surface area contributed by atoms with Gasteiger partial charge in [-0.1, -0.05) is 49.9 Å². The lowest BCUT2D eigenvalue weighted by atomic mass is 10.0. The number of carbonyl (C=O) groups is 1. The van der Waals surface area contributed by atoms with Crippen molar-refractivity contribution in [2.24, 2.45) is 0 Å². The third-order valence-corrected chi connectivity index (χ3v) is 4.85. The molecule has 4 nitrogen and oxygen atoms in total. The van der Waals surface area contributed by atoms with Gasteiger partial charge in [-0.05, 0) is 42.7 Å². The fraction of sp³-hybridized carbons (Fsp3) is 0.263. The molecule has 0 aliphatic heterocycles. The molecule has 0 aliphatic carbocycles. The van der Waals surface area contributed by atoms with E-state index in [1.54, 1.807) is 0 Å². The molecular formula is C19H21N3OS. The van der Waals surface area contributed by atoms with Crippen LogP contribution in [0.4, 0.5) is 5.69 Å². The normalized spacial score (nSPS) is 12.5. The van der Waals surface area contributed by atoms with Gasteiger partial charge in [0.25, 0.3) is 0 Å².